The van der Waals surface area contributed by atoms with Crippen molar-refractivity contribution in [2.45, 2.75) is 13.8 Å². The van der Waals surface area contributed by atoms with E-state index in [1.165, 1.54) is 11.0 Å². The second-order valence-corrected chi connectivity index (χ2v) is 5.46. The first kappa shape index (κ1) is 15.1. The monoisotopic (exact) mass is 313 g/mol. The van der Waals surface area contributed by atoms with E-state index in [0.717, 1.165) is 11.3 Å². The summed E-state index contributed by atoms with van der Waals surface area (Å²) in [5.41, 5.74) is 3.18. The molecule has 1 amide bonds. The van der Waals surface area contributed by atoms with Crippen LogP contribution in [0.5, 0.6) is 5.75 Å². The first-order chi connectivity index (χ1) is 10.9. The number of ether oxygens (including phenoxy) is 1. The van der Waals surface area contributed by atoms with Crippen molar-refractivity contribution >= 4 is 11.6 Å². The number of terminal acetylenes is 1. The van der Waals surface area contributed by atoms with Gasteiger partial charge in [0.1, 0.15) is 11.6 Å². The normalized spacial score (nSPS) is 13.5. The Labute approximate surface area is 133 Å². The molecule has 0 N–H and O–H groups in total. The fourth-order valence-electron chi connectivity index (χ4n) is 2.64. The Bertz CT molecular complexity index is 848. The number of amides is 1. The lowest BCUT2D eigenvalue weighted by molar-refractivity contribution is -0.121. The Balaban J connectivity index is 2.19. The number of benzene rings is 1. The zero-order valence-electron chi connectivity index (χ0n) is 13.2. The van der Waals surface area contributed by atoms with Crippen LogP contribution < -0.4 is 9.64 Å². The molecular formula is C17H16FN3O2. The number of fused-ring (bicyclic) bond motifs is 1. The number of aryl methyl sites for hydroxylation is 1. The predicted octanol–water partition coefficient (Wildman–Crippen LogP) is 2.20. The van der Waals surface area contributed by atoms with Crippen molar-refractivity contribution in [3.8, 4) is 29.4 Å². The summed E-state index contributed by atoms with van der Waals surface area (Å²) in [6, 6.07) is 2.86. The minimum atomic E-state index is -0.444. The topological polar surface area (TPSA) is 47.4 Å². The van der Waals surface area contributed by atoms with Crippen molar-refractivity contribution in [1.82, 2.24) is 9.78 Å². The molecule has 118 valence electrons. The third-order valence-corrected chi connectivity index (χ3v) is 4.13. The van der Waals surface area contributed by atoms with E-state index in [4.69, 9.17) is 11.2 Å². The molecule has 0 saturated heterocycles. The fourth-order valence-corrected chi connectivity index (χ4v) is 2.64. The first-order valence-corrected chi connectivity index (χ1v) is 7.14. The quantitative estimate of drug-likeness (QED) is 0.799. The summed E-state index contributed by atoms with van der Waals surface area (Å²) in [4.78, 5) is 13.4. The number of rotatable bonds is 2. The largest absolute Gasteiger partial charge is 0.481 e. The van der Waals surface area contributed by atoms with Crippen LogP contribution in [-0.2, 0) is 11.8 Å². The minimum absolute atomic E-state index is 0.112. The molecule has 2 heterocycles. The van der Waals surface area contributed by atoms with E-state index < -0.39 is 5.82 Å². The Morgan fingerprint density at radius 1 is 1.43 bits per heavy atom. The van der Waals surface area contributed by atoms with E-state index in [-0.39, 0.29) is 19.1 Å². The molecule has 0 aliphatic carbocycles. The molecule has 23 heavy (non-hydrogen) atoms. The van der Waals surface area contributed by atoms with Crippen LogP contribution in [0.3, 0.4) is 0 Å². The molecule has 6 heteroatoms. The summed E-state index contributed by atoms with van der Waals surface area (Å²) in [5, 5.41) is 4.37. The van der Waals surface area contributed by atoms with Gasteiger partial charge in [-0.05, 0) is 25.5 Å². The molecule has 0 atom stereocenters. The number of aromatic nitrogens is 2. The van der Waals surface area contributed by atoms with Gasteiger partial charge in [0.05, 0.1) is 17.9 Å². The van der Waals surface area contributed by atoms with Gasteiger partial charge in [-0.2, -0.15) is 5.10 Å². The van der Waals surface area contributed by atoms with Crippen molar-refractivity contribution in [3.05, 3.63) is 29.2 Å². The molecule has 0 unspecified atom stereocenters. The van der Waals surface area contributed by atoms with Gasteiger partial charge in [-0.3, -0.25) is 14.4 Å². The highest BCUT2D eigenvalue weighted by molar-refractivity contribution is 5.99. The number of hydrogen-bond donors (Lipinski definition) is 0. The van der Waals surface area contributed by atoms with Gasteiger partial charge in [-0.25, -0.2) is 4.39 Å². The van der Waals surface area contributed by atoms with E-state index >= 15 is 0 Å². The van der Waals surface area contributed by atoms with Crippen LogP contribution in [-0.4, -0.2) is 28.8 Å². The summed E-state index contributed by atoms with van der Waals surface area (Å²) < 4.78 is 21.5. The molecule has 1 aromatic heterocycles. The molecule has 2 aromatic rings. The summed E-state index contributed by atoms with van der Waals surface area (Å²) in [7, 11) is 1.80. The molecule has 1 aliphatic heterocycles. The number of nitrogens with zero attached hydrogens (tertiary/aromatic N) is 3. The minimum Gasteiger partial charge on any atom is -0.481 e. The number of hydrogen-bond acceptors (Lipinski definition) is 3. The van der Waals surface area contributed by atoms with Crippen LogP contribution in [0.15, 0.2) is 12.1 Å². The maximum absolute atomic E-state index is 14.5. The molecule has 5 nitrogen and oxygen atoms in total. The van der Waals surface area contributed by atoms with Gasteiger partial charge in [0.15, 0.2) is 6.61 Å². The number of carbonyl (C=O) groups excluding carboxylic acids is 1. The Morgan fingerprint density at radius 2 is 2.17 bits per heavy atom. The van der Waals surface area contributed by atoms with Crippen LogP contribution in [0.1, 0.15) is 11.3 Å². The fraction of sp³-hybridized carbons (Fsp3) is 0.294. The van der Waals surface area contributed by atoms with Gasteiger partial charge in [-0.15, -0.1) is 6.42 Å². The average Bonchev–Trinajstić information content (AvgIpc) is 2.77. The second-order valence-electron chi connectivity index (χ2n) is 5.46. The van der Waals surface area contributed by atoms with Crippen LogP contribution in [0, 0.1) is 32.0 Å². The predicted molar refractivity (Wildman–Crippen MR) is 84.8 cm³/mol. The van der Waals surface area contributed by atoms with E-state index in [9.17, 15) is 9.18 Å². The van der Waals surface area contributed by atoms with E-state index in [1.54, 1.807) is 17.8 Å². The molecule has 3 rings (SSSR count). The Morgan fingerprint density at radius 3 is 2.78 bits per heavy atom. The lowest BCUT2D eigenvalue weighted by Gasteiger charge is -2.28. The van der Waals surface area contributed by atoms with Crippen molar-refractivity contribution < 1.29 is 13.9 Å². The van der Waals surface area contributed by atoms with Crippen molar-refractivity contribution in [1.29, 1.82) is 0 Å². The SMILES string of the molecule is C#CCN1C(=O)COc2cc(F)c(-c3nn(C)c(C)c3C)cc21. The van der Waals surface area contributed by atoms with Gasteiger partial charge in [0.2, 0.25) is 0 Å². The zero-order chi connectivity index (χ0) is 16.7. The van der Waals surface area contributed by atoms with Crippen LogP contribution in [0.25, 0.3) is 11.3 Å². The molecule has 0 fully saturated rings. The molecular weight excluding hydrogens is 297 g/mol. The molecule has 1 aromatic carbocycles. The third kappa shape index (κ3) is 2.34. The second kappa shape index (κ2) is 5.43. The van der Waals surface area contributed by atoms with Gasteiger partial charge < -0.3 is 4.74 Å². The number of carbonyl (C=O) groups is 1. The van der Waals surface area contributed by atoms with Crippen molar-refractivity contribution in [2.24, 2.45) is 7.05 Å². The first-order valence-electron chi connectivity index (χ1n) is 7.14. The maximum Gasteiger partial charge on any atom is 0.265 e. The Kier molecular flexibility index (Phi) is 3.57. The summed E-state index contributed by atoms with van der Waals surface area (Å²) in [6.07, 6.45) is 5.33. The zero-order valence-corrected chi connectivity index (χ0v) is 13.2. The van der Waals surface area contributed by atoms with E-state index in [2.05, 4.69) is 11.0 Å². The smallest absolute Gasteiger partial charge is 0.265 e. The van der Waals surface area contributed by atoms with Crippen LogP contribution in [0.2, 0.25) is 0 Å². The lowest BCUT2D eigenvalue weighted by Crippen LogP contribution is -2.39. The Hall–Kier alpha value is -2.81. The summed E-state index contributed by atoms with van der Waals surface area (Å²) in [5.74, 6) is 2.06. The van der Waals surface area contributed by atoms with Gasteiger partial charge in [0.25, 0.3) is 5.91 Å². The van der Waals surface area contributed by atoms with Crippen LogP contribution >= 0.6 is 0 Å². The molecule has 1 aliphatic rings. The number of anilines is 1. The van der Waals surface area contributed by atoms with Crippen molar-refractivity contribution in [2.75, 3.05) is 18.1 Å². The van der Waals surface area contributed by atoms with Gasteiger partial charge in [-0.1, -0.05) is 5.92 Å². The average molecular weight is 313 g/mol. The third-order valence-electron chi connectivity index (χ3n) is 4.13. The molecule has 0 bridgehead atoms. The summed E-state index contributed by atoms with van der Waals surface area (Å²) >= 11 is 0. The lowest BCUT2D eigenvalue weighted by atomic mass is 10.0. The van der Waals surface area contributed by atoms with Crippen molar-refractivity contribution in [3.63, 3.8) is 0 Å². The van der Waals surface area contributed by atoms with E-state index in [1.807, 2.05) is 13.8 Å². The highest BCUT2D eigenvalue weighted by atomic mass is 19.1. The number of halogens is 1. The highest BCUT2D eigenvalue weighted by Crippen LogP contribution is 2.38. The standard InChI is InChI=1S/C17H16FN3O2/c1-5-6-21-14-7-12(17-10(2)11(3)20(4)19-17)13(18)8-15(14)23-9-16(21)22/h1,7-8H,6,9H2,2-4H3. The summed E-state index contributed by atoms with van der Waals surface area (Å²) in [6.45, 7) is 3.77. The van der Waals surface area contributed by atoms with Gasteiger partial charge >= 0.3 is 0 Å². The molecule has 0 spiro atoms. The van der Waals surface area contributed by atoms with Gasteiger partial charge in [0, 0.05) is 24.4 Å². The molecule has 0 radical (unpaired) electrons. The maximum atomic E-state index is 14.5. The van der Waals surface area contributed by atoms with E-state index in [0.29, 0.717) is 22.7 Å². The molecule has 0 saturated carbocycles. The van der Waals surface area contributed by atoms with Crippen LogP contribution in [0.4, 0.5) is 10.1 Å². The highest BCUT2D eigenvalue weighted by Gasteiger charge is 2.28.